The number of aryl methyl sites for hydroxylation is 1. The van der Waals surface area contributed by atoms with E-state index in [0.717, 1.165) is 12.1 Å². The molecule has 3 N–H and O–H groups in total. The second-order valence-electron chi connectivity index (χ2n) is 4.25. The highest BCUT2D eigenvalue weighted by Gasteiger charge is 2.08. The number of anilines is 3. The van der Waals surface area contributed by atoms with Crippen molar-refractivity contribution in [2.75, 3.05) is 11.1 Å². The molecule has 5 heteroatoms. The number of hydrogen-bond donors (Lipinski definition) is 2. The van der Waals surface area contributed by atoms with E-state index >= 15 is 0 Å². The summed E-state index contributed by atoms with van der Waals surface area (Å²) < 4.78 is 0. The molecule has 0 amide bonds. The molecule has 19 heavy (non-hydrogen) atoms. The van der Waals surface area contributed by atoms with E-state index in [4.69, 9.17) is 5.73 Å². The Morgan fingerprint density at radius 3 is 2.42 bits per heavy atom. The molecular formula is C14H15N3O2. The third kappa shape index (κ3) is 3.22. The van der Waals surface area contributed by atoms with Gasteiger partial charge in [0.05, 0.1) is 4.92 Å². The van der Waals surface area contributed by atoms with Crippen molar-refractivity contribution >= 4 is 22.7 Å². The number of nitrogen functional groups attached to an aromatic ring is 1. The molecule has 0 saturated heterocycles. The van der Waals surface area contributed by atoms with Gasteiger partial charge in [0.1, 0.15) is 0 Å². The average Bonchev–Trinajstić information content (AvgIpc) is 2.39. The molecule has 0 spiro atoms. The number of nitrogens with one attached hydrogen (secondary N) is 1. The molecule has 0 aliphatic rings. The van der Waals surface area contributed by atoms with Crippen LogP contribution < -0.4 is 11.1 Å². The summed E-state index contributed by atoms with van der Waals surface area (Å²) in [5, 5.41) is 13.9. The number of nitrogens with two attached hydrogens (primary N) is 1. The number of nitro benzene ring substituents is 1. The molecule has 0 atom stereocenters. The number of rotatable bonds is 4. The third-order valence-corrected chi connectivity index (χ3v) is 2.80. The van der Waals surface area contributed by atoms with Crippen molar-refractivity contribution in [1.82, 2.24) is 0 Å². The van der Waals surface area contributed by atoms with Crippen LogP contribution in [-0.4, -0.2) is 4.92 Å². The predicted molar refractivity (Wildman–Crippen MR) is 76.6 cm³/mol. The van der Waals surface area contributed by atoms with Gasteiger partial charge in [-0.15, -0.1) is 0 Å². The average molecular weight is 257 g/mol. The van der Waals surface area contributed by atoms with Crippen molar-refractivity contribution in [2.24, 2.45) is 0 Å². The molecule has 98 valence electrons. The van der Waals surface area contributed by atoms with Crippen LogP contribution in [0.5, 0.6) is 0 Å². The minimum absolute atomic E-state index is 0.0207. The van der Waals surface area contributed by atoms with Crippen LogP contribution >= 0.6 is 0 Å². The molecule has 5 nitrogen and oxygen atoms in total. The largest absolute Gasteiger partial charge is 0.398 e. The van der Waals surface area contributed by atoms with Crippen molar-refractivity contribution in [3.63, 3.8) is 0 Å². The summed E-state index contributed by atoms with van der Waals surface area (Å²) in [7, 11) is 0. The van der Waals surface area contributed by atoms with E-state index in [1.54, 1.807) is 6.07 Å². The predicted octanol–water partition coefficient (Wildman–Crippen LogP) is 3.48. The fourth-order valence-corrected chi connectivity index (χ4v) is 1.80. The van der Waals surface area contributed by atoms with Crippen LogP contribution in [0.25, 0.3) is 0 Å². The number of hydrogen-bond acceptors (Lipinski definition) is 4. The van der Waals surface area contributed by atoms with Crippen LogP contribution in [-0.2, 0) is 6.42 Å². The summed E-state index contributed by atoms with van der Waals surface area (Å²) in [6, 6.07) is 12.4. The Kier molecular flexibility index (Phi) is 3.66. The molecule has 0 aliphatic heterocycles. The van der Waals surface area contributed by atoms with Gasteiger partial charge in [-0.2, -0.15) is 0 Å². The lowest BCUT2D eigenvalue weighted by Gasteiger charge is -2.08. The van der Waals surface area contributed by atoms with Gasteiger partial charge in [0.15, 0.2) is 0 Å². The topological polar surface area (TPSA) is 81.2 Å². The SMILES string of the molecule is CCc1ccc(Nc2cc(N)cc([N+](=O)[O-])c2)cc1. The maximum absolute atomic E-state index is 10.8. The van der Waals surface area contributed by atoms with E-state index in [0.29, 0.717) is 11.4 Å². The number of benzene rings is 2. The first-order chi connectivity index (χ1) is 9.08. The first-order valence-corrected chi connectivity index (χ1v) is 5.99. The second-order valence-corrected chi connectivity index (χ2v) is 4.25. The first-order valence-electron chi connectivity index (χ1n) is 5.99. The van der Waals surface area contributed by atoms with Gasteiger partial charge < -0.3 is 11.1 Å². The quantitative estimate of drug-likeness (QED) is 0.499. The van der Waals surface area contributed by atoms with E-state index in [1.807, 2.05) is 24.3 Å². The fourth-order valence-electron chi connectivity index (χ4n) is 1.80. The van der Waals surface area contributed by atoms with Crippen molar-refractivity contribution in [3.8, 4) is 0 Å². The zero-order valence-corrected chi connectivity index (χ0v) is 10.6. The number of nitrogens with zero attached hydrogens (tertiary/aromatic N) is 1. The summed E-state index contributed by atoms with van der Waals surface area (Å²) in [4.78, 5) is 10.3. The van der Waals surface area contributed by atoms with Gasteiger partial charge in [-0.05, 0) is 30.2 Å². The van der Waals surface area contributed by atoms with Crippen molar-refractivity contribution in [3.05, 3.63) is 58.1 Å². The summed E-state index contributed by atoms with van der Waals surface area (Å²) in [6.07, 6.45) is 0.976. The second kappa shape index (κ2) is 5.39. The summed E-state index contributed by atoms with van der Waals surface area (Å²) >= 11 is 0. The highest BCUT2D eigenvalue weighted by Crippen LogP contribution is 2.25. The Hall–Kier alpha value is -2.56. The van der Waals surface area contributed by atoms with Gasteiger partial charge in [-0.3, -0.25) is 10.1 Å². The van der Waals surface area contributed by atoms with E-state index in [-0.39, 0.29) is 5.69 Å². The van der Waals surface area contributed by atoms with Crippen LogP contribution in [0.1, 0.15) is 12.5 Å². The molecule has 0 heterocycles. The van der Waals surface area contributed by atoms with E-state index in [9.17, 15) is 10.1 Å². The zero-order chi connectivity index (χ0) is 13.8. The molecular weight excluding hydrogens is 242 g/mol. The Balaban J connectivity index is 2.24. The summed E-state index contributed by atoms with van der Waals surface area (Å²) in [5.41, 5.74) is 8.71. The molecule has 0 bridgehead atoms. The van der Waals surface area contributed by atoms with E-state index in [2.05, 4.69) is 12.2 Å². The molecule has 2 aromatic carbocycles. The van der Waals surface area contributed by atoms with Gasteiger partial charge in [0.25, 0.3) is 5.69 Å². The molecule has 0 fully saturated rings. The van der Waals surface area contributed by atoms with Gasteiger partial charge in [0, 0.05) is 29.2 Å². The summed E-state index contributed by atoms with van der Waals surface area (Å²) in [5.74, 6) is 0. The standard InChI is InChI=1S/C14H15N3O2/c1-2-10-3-5-12(6-4-10)16-13-7-11(15)8-14(9-13)17(18)19/h3-9,16H,2,15H2,1H3. The van der Waals surface area contributed by atoms with Crippen LogP contribution in [0.4, 0.5) is 22.7 Å². The highest BCUT2D eigenvalue weighted by molar-refractivity contribution is 5.67. The van der Waals surface area contributed by atoms with E-state index < -0.39 is 4.92 Å². The van der Waals surface area contributed by atoms with Crippen LogP contribution in [0.3, 0.4) is 0 Å². The number of non-ortho nitro benzene ring substituents is 1. The first kappa shape index (κ1) is 12.9. The van der Waals surface area contributed by atoms with Gasteiger partial charge in [-0.1, -0.05) is 19.1 Å². The zero-order valence-electron chi connectivity index (χ0n) is 10.6. The Bertz CT molecular complexity index is 594. The van der Waals surface area contributed by atoms with Crippen molar-refractivity contribution < 1.29 is 4.92 Å². The molecule has 2 aromatic rings. The maximum Gasteiger partial charge on any atom is 0.273 e. The Labute approximate surface area is 111 Å². The lowest BCUT2D eigenvalue weighted by molar-refractivity contribution is -0.384. The van der Waals surface area contributed by atoms with Crippen molar-refractivity contribution in [2.45, 2.75) is 13.3 Å². The molecule has 0 unspecified atom stereocenters. The van der Waals surface area contributed by atoms with Gasteiger partial charge >= 0.3 is 0 Å². The maximum atomic E-state index is 10.8. The lowest BCUT2D eigenvalue weighted by Crippen LogP contribution is -1.96. The van der Waals surface area contributed by atoms with E-state index in [1.165, 1.54) is 17.7 Å². The lowest BCUT2D eigenvalue weighted by atomic mass is 10.1. The molecule has 2 rings (SSSR count). The molecule has 0 radical (unpaired) electrons. The normalized spacial score (nSPS) is 10.2. The van der Waals surface area contributed by atoms with Gasteiger partial charge in [-0.25, -0.2) is 0 Å². The van der Waals surface area contributed by atoms with Crippen LogP contribution in [0, 0.1) is 10.1 Å². The molecule has 0 aromatic heterocycles. The molecule has 0 saturated carbocycles. The van der Waals surface area contributed by atoms with Gasteiger partial charge in [0.2, 0.25) is 0 Å². The van der Waals surface area contributed by atoms with Crippen molar-refractivity contribution in [1.29, 1.82) is 0 Å². The minimum atomic E-state index is -0.457. The third-order valence-electron chi connectivity index (χ3n) is 2.80. The monoisotopic (exact) mass is 257 g/mol. The van der Waals surface area contributed by atoms with Crippen LogP contribution in [0.15, 0.2) is 42.5 Å². The summed E-state index contributed by atoms with van der Waals surface area (Å²) in [6.45, 7) is 2.09. The number of nitro groups is 1. The Morgan fingerprint density at radius 1 is 1.16 bits per heavy atom. The highest BCUT2D eigenvalue weighted by atomic mass is 16.6. The Morgan fingerprint density at radius 2 is 1.84 bits per heavy atom. The minimum Gasteiger partial charge on any atom is -0.398 e. The van der Waals surface area contributed by atoms with Crippen LogP contribution in [0.2, 0.25) is 0 Å². The molecule has 0 aliphatic carbocycles. The fraction of sp³-hybridized carbons (Fsp3) is 0.143. The smallest absolute Gasteiger partial charge is 0.273 e.